The average Bonchev–Trinajstić information content (AvgIpc) is 2.97. The number of piperidine rings is 1. The minimum atomic E-state index is 0.528. The van der Waals surface area contributed by atoms with Crippen molar-refractivity contribution >= 4 is 5.69 Å². The molecule has 0 bridgehead atoms. The molecular weight excluding hydrogens is 334 g/mol. The molecule has 5 nitrogen and oxygen atoms in total. The summed E-state index contributed by atoms with van der Waals surface area (Å²) in [5, 5.41) is 5.00. The molecule has 2 aromatic heterocycles. The van der Waals surface area contributed by atoms with E-state index in [1.165, 1.54) is 22.6 Å². The van der Waals surface area contributed by atoms with Gasteiger partial charge in [-0.2, -0.15) is 5.10 Å². The molecule has 0 amide bonds. The molecular formula is C22H27N5. The van der Waals surface area contributed by atoms with Crippen LogP contribution in [0.2, 0.25) is 0 Å². The number of aromatic nitrogens is 3. The van der Waals surface area contributed by atoms with E-state index in [0.717, 1.165) is 57.6 Å². The molecule has 5 heteroatoms. The second-order valence-corrected chi connectivity index (χ2v) is 7.89. The lowest BCUT2D eigenvalue weighted by molar-refractivity contribution is 0.352. The zero-order valence-corrected chi connectivity index (χ0v) is 16.0. The number of rotatable bonds is 3. The van der Waals surface area contributed by atoms with E-state index in [9.17, 15) is 0 Å². The number of aryl methyl sites for hydroxylation is 1. The maximum atomic E-state index is 5.00. The van der Waals surface area contributed by atoms with Crippen molar-refractivity contribution < 1.29 is 0 Å². The Bertz CT molecular complexity index is 843. The zero-order valence-electron chi connectivity index (χ0n) is 16.0. The Kier molecular flexibility index (Phi) is 4.23. The Labute approximate surface area is 161 Å². The molecule has 0 spiro atoms. The molecule has 0 aromatic carbocycles. The number of pyridine rings is 1. The van der Waals surface area contributed by atoms with E-state index in [-0.39, 0.29) is 0 Å². The quantitative estimate of drug-likeness (QED) is 0.841. The van der Waals surface area contributed by atoms with Crippen molar-refractivity contribution in [3.63, 3.8) is 0 Å². The minimum Gasteiger partial charge on any atom is -0.371 e. The first kappa shape index (κ1) is 16.6. The summed E-state index contributed by atoms with van der Waals surface area (Å²) in [6.07, 6.45) is 15.3. The highest BCUT2D eigenvalue weighted by Crippen LogP contribution is 2.28. The first-order valence-corrected chi connectivity index (χ1v) is 10.1. The van der Waals surface area contributed by atoms with Crippen LogP contribution in [0.1, 0.15) is 35.8 Å². The van der Waals surface area contributed by atoms with Crippen molar-refractivity contribution in [2.24, 2.45) is 0 Å². The molecule has 27 heavy (non-hydrogen) atoms. The Balaban J connectivity index is 1.22. The third-order valence-corrected chi connectivity index (χ3v) is 6.16. The van der Waals surface area contributed by atoms with Gasteiger partial charge in [-0.05, 0) is 56.0 Å². The summed E-state index contributed by atoms with van der Waals surface area (Å²) in [6, 6.07) is 4.82. The third-order valence-electron chi connectivity index (χ3n) is 6.16. The highest BCUT2D eigenvalue weighted by molar-refractivity contribution is 5.44. The van der Waals surface area contributed by atoms with Crippen molar-refractivity contribution in [2.45, 2.75) is 38.6 Å². The normalized spacial score (nSPS) is 20.1. The molecule has 1 aliphatic carbocycles. The Morgan fingerprint density at radius 2 is 1.81 bits per heavy atom. The van der Waals surface area contributed by atoms with Crippen LogP contribution in [0.25, 0.3) is 0 Å². The Morgan fingerprint density at radius 1 is 1.00 bits per heavy atom. The fourth-order valence-electron chi connectivity index (χ4n) is 4.37. The summed E-state index contributed by atoms with van der Waals surface area (Å²) in [4.78, 5) is 9.38. The van der Waals surface area contributed by atoms with E-state index in [1.54, 1.807) is 0 Å². The van der Waals surface area contributed by atoms with E-state index in [4.69, 9.17) is 5.10 Å². The molecule has 2 aliphatic heterocycles. The van der Waals surface area contributed by atoms with Crippen molar-refractivity contribution in [3.8, 4) is 0 Å². The van der Waals surface area contributed by atoms with Gasteiger partial charge in [0.15, 0.2) is 0 Å². The van der Waals surface area contributed by atoms with E-state index in [1.807, 2.05) is 13.1 Å². The molecule has 5 rings (SSSR count). The number of allylic oxidation sites excluding steroid dienone is 3. The lowest BCUT2D eigenvalue weighted by atomic mass is 10.0. The summed E-state index contributed by atoms with van der Waals surface area (Å²) < 4.78 is 2.27. The molecule has 0 atom stereocenters. The molecule has 2 aromatic rings. The molecule has 1 fully saturated rings. The minimum absolute atomic E-state index is 0.528. The number of hydrogen-bond acceptors (Lipinski definition) is 4. The van der Waals surface area contributed by atoms with Gasteiger partial charge in [-0.25, -0.2) is 0 Å². The highest BCUT2D eigenvalue weighted by Gasteiger charge is 2.24. The van der Waals surface area contributed by atoms with E-state index >= 15 is 0 Å². The van der Waals surface area contributed by atoms with Gasteiger partial charge in [0, 0.05) is 50.2 Å². The predicted molar refractivity (Wildman–Crippen MR) is 108 cm³/mol. The molecule has 0 unspecified atom stereocenters. The van der Waals surface area contributed by atoms with Gasteiger partial charge < -0.3 is 9.80 Å². The SMILES string of the molecule is Cc1ccc(N2CCC(n3cc4c(n3)CCN(C3=CC=C3)CC4)CC2)cn1. The number of anilines is 1. The van der Waals surface area contributed by atoms with Crippen molar-refractivity contribution in [1.29, 1.82) is 0 Å². The lowest BCUT2D eigenvalue weighted by Gasteiger charge is -2.33. The van der Waals surface area contributed by atoms with Gasteiger partial charge in [-0.3, -0.25) is 9.67 Å². The van der Waals surface area contributed by atoms with E-state index in [2.05, 4.69) is 56.0 Å². The molecule has 0 radical (unpaired) electrons. The summed E-state index contributed by atoms with van der Waals surface area (Å²) in [5.41, 5.74) is 6.47. The smallest absolute Gasteiger partial charge is 0.0674 e. The van der Waals surface area contributed by atoms with Crippen molar-refractivity contribution in [1.82, 2.24) is 19.7 Å². The van der Waals surface area contributed by atoms with E-state index in [0.29, 0.717) is 6.04 Å². The van der Waals surface area contributed by atoms with Crippen molar-refractivity contribution in [3.05, 3.63) is 65.4 Å². The van der Waals surface area contributed by atoms with Crippen LogP contribution in [0.4, 0.5) is 5.69 Å². The lowest BCUT2D eigenvalue weighted by Crippen LogP contribution is -2.35. The summed E-state index contributed by atoms with van der Waals surface area (Å²) in [7, 11) is 0. The maximum absolute atomic E-state index is 5.00. The van der Waals surface area contributed by atoms with Crippen LogP contribution in [-0.4, -0.2) is 45.8 Å². The van der Waals surface area contributed by atoms with Gasteiger partial charge >= 0.3 is 0 Å². The average molecular weight is 361 g/mol. The summed E-state index contributed by atoms with van der Waals surface area (Å²) in [5.74, 6) is 0. The molecule has 0 N–H and O–H groups in total. The van der Waals surface area contributed by atoms with Gasteiger partial charge in [-0.15, -0.1) is 0 Å². The number of nitrogens with zero attached hydrogens (tertiary/aromatic N) is 5. The third kappa shape index (κ3) is 3.27. The standard InChI is InChI=1S/C22H27N5/c1-17-5-6-21(15-23-17)26-12-8-20(9-13-26)27-16-18-7-11-25(19-3-2-4-19)14-10-22(18)24-27/h2-6,15-16,20H,7-14H2,1H3. The molecule has 1 saturated heterocycles. The Morgan fingerprint density at radius 3 is 2.52 bits per heavy atom. The van der Waals surface area contributed by atoms with Crippen LogP contribution in [0, 0.1) is 6.92 Å². The number of hydrogen-bond donors (Lipinski definition) is 0. The van der Waals surface area contributed by atoms with Crippen LogP contribution in [0.5, 0.6) is 0 Å². The number of fused-ring (bicyclic) bond motifs is 1. The second-order valence-electron chi connectivity index (χ2n) is 7.89. The fourth-order valence-corrected chi connectivity index (χ4v) is 4.37. The first-order valence-electron chi connectivity index (χ1n) is 10.1. The second kappa shape index (κ2) is 6.87. The highest BCUT2D eigenvalue weighted by atomic mass is 15.3. The summed E-state index contributed by atoms with van der Waals surface area (Å²) in [6.45, 7) is 6.38. The largest absolute Gasteiger partial charge is 0.371 e. The monoisotopic (exact) mass is 361 g/mol. The van der Waals surface area contributed by atoms with Gasteiger partial charge in [0.2, 0.25) is 0 Å². The maximum Gasteiger partial charge on any atom is 0.0674 e. The van der Waals surface area contributed by atoms with Crippen LogP contribution < -0.4 is 4.90 Å². The predicted octanol–water partition coefficient (Wildman–Crippen LogP) is 3.28. The topological polar surface area (TPSA) is 37.2 Å². The zero-order chi connectivity index (χ0) is 18.2. The van der Waals surface area contributed by atoms with Gasteiger partial charge in [0.05, 0.1) is 23.6 Å². The van der Waals surface area contributed by atoms with Gasteiger partial charge in [0.1, 0.15) is 0 Å². The summed E-state index contributed by atoms with van der Waals surface area (Å²) >= 11 is 0. The van der Waals surface area contributed by atoms with Gasteiger partial charge in [-0.1, -0.05) is 6.08 Å². The van der Waals surface area contributed by atoms with Crippen LogP contribution >= 0.6 is 0 Å². The molecule has 140 valence electrons. The van der Waals surface area contributed by atoms with Crippen LogP contribution in [0.3, 0.4) is 0 Å². The first-order chi connectivity index (χ1) is 13.3. The van der Waals surface area contributed by atoms with Crippen molar-refractivity contribution in [2.75, 3.05) is 31.1 Å². The van der Waals surface area contributed by atoms with E-state index < -0.39 is 0 Å². The Hall–Kier alpha value is -2.56. The molecule has 3 aliphatic rings. The van der Waals surface area contributed by atoms with Crippen LogP contribution in [-0.2, 0) is 12.8 Å². The molecule has 0 saturated carbocycles. The van der Waals surface area contributed by atoms with Gasteiger partial charge in [0.25, 0.3) is 0 Å². The molecule has 4 heterocycles. The van der Waals surface area contributed by atoms with Crippen LogP contribution in [0.15, 0.2) is 48.5 Å². The fraction of sp³-hybridized carbons (Fsp3) is 0.455.